The van der Waals surface area contributed by atoms with Gasteiger partial charge in [0.1, 0.15) is 0 Å². The van der Waals surface area contributed by atoms with Crippen molar-refractivity contribution in [3.05, 3.63) is 100 Å². The number of fused-ring (bicyclic) bond motifs is 1. The number of nitrogens with zero attached hydrogens (tertiary/aromatic N) is 4. The Hall–Kier alpha value is -4.25. The van der Waals surface area contributed by atoms with Crippen molar-refractivity contribution in [3.63, 3.8) is 0 Å². The standard InChI is InChI=1S/C24H26F4N4.C8H9NO2.C2H6/c1-14-18-10-17(23(2,25)26)11-19(21(29)24(3,27)28)20(18)30-22(31(14)4)32-12-16(13-32)15-8-6-5-7-9-15;1-5-3-4-6(2)9-7(5)8(10)11;1-2/h5-11,16,21H,1,12-13,29H2,2-4H3;3-4H,1-2H3,(H,10,11);1-2H3. The molecule has 3 heterocycles. The number of aryl methyl sites for hydroxylation is 2. The van der Waals surface area contributed by atoms with Crippen LogP contribution in [0.15, 0.2) is 66.2 Å². The van der Waals surface area contributed by atoms with Gasteiger partial charge in [0.05, 0.1) is 11.7 Å². The Labute approximate surface area is 262 Å². The largest absolute Gasteiger partial charge is 0.477 e. The maximum absolute atomic E-state index is 14.1. The van der Waals surface area contributed by atoms with Crippen LogP contribution in [0.1, 0.15) is 83.7 Å². The number of carboxylic acid groups (broad SMARTS) is 1. The summed E-state index contributed by atoms with van der Waals surface area (Å²) in [7, 11) is 1.74. The molecule has 3 N–H and O–H groups in total. The first kappa shape index (κ1) is 35.2. The summed E-state index contributed by atoms with van der Waals surface area (Å²) in [4.78, 5) is 22.7. The number of likely N-dealkylation sites (tertiary alicyclic amines) is 1. The second-order valence-corrected chi connectivity index (χ2v) is 11.1. The number of benzene rings is 2. The molecule has 0 spiro atoms. The smallest absolute Gasteiger partial charge is 0.354 e. The van der Waals surface area contributed by atoms with E-state index in [0.717, 1.165) is 18.7 Å². The minimum atomic E-state index is -3.31. The Morgan fingerprint density at radius 1 is 1.04 bits per heavy atom. The second-order valence-electron chi connectivity index (χ2n) is 11.1. The van der Waals surface area contributed by atoms with Crippen molar-refractivity contribution < 1.29 is 27.5 Å². The van der Waals surface area contributed by atoms with Crippen LogP contribution >= 0.6 is 0 Å². The van der Waals surface area contributed by atoms with Gasteiger partial charge in [0.2, 0.25) is 5.96 Å². The molecule has 45 heavy (non-hydrogen) atoms. The van der Waals surface area contributed by atoms with E-state index in [1.54, 1.807) is 37.9 Å². The number of carbonyl (C=O) groups is 1. The molecule has 2 aliphatic rings. The quantitative estimate of drug-likeness (QED) is 0.280. The number of pyridine rings is 1. The minimum absolute atomic E-state index is 0.113. The Balaban J connectivity index is 0.000000357. The van der Waals surface area contributed by atoms with Crippen LogP contribution in [0.5, 0.6) is 0 Å². The number of rotatable bonds is 5. The highest BCUT2D eigenvalue weighted by Gasteiger charge is 2.40. The van der Waals surface area contributed by atoms with Crippen LogP contribution in [-0.4, -0.2) is 57.9 Å². The van der Waals surface area contributed by atoms with E-state index in [-0.39, 0.29) is 22.5 Å². The summed E-state index contributed by atoms with van der Waals surface area (Å²) < 4.78 is 56.6. The molecule has 242 valence electrons. The number of alkyl halides is 4. The number of aliphatic imine (C=N–C) groups is 1. The highest BCUT2D eigenvalue weighted by atomic mass is 19.3. The molecule has 2 aliphatic heterocycles. The van der Waals surface area contributed by atoms with Crippen molar-refractivity contribution in [1.29, 1.82) is 0 Å². The van der Waals surface area contributed by atoms with E-state index < -0.39 is 29.4 Å². The first-order valence-electron chi connectivity index (χ1n) is 14.7. The summed E-state index contributed by atoms with van der Waals surface area (Å²) in [6.45, 7) is 14.3. The summed E-state index contributed by atoms with van der Waals surface area (Å²) in [6.07, 6.45) is 0. The normalized spacial score (nSPS) is 15.5. The fourth-order valence-corrected chi connectivity index (χ4v) is 4.95. The number of hydrogen-bond donors (Lipinski definition) is 2. The molecule has 0 bridgehead atoms. The van der Waals surface area contributed by atoms with Crippen LogP contribution in [0.2, 0.25) is 0 Å². The van der Waals surface area contributed by atoms with Crippen molar-refractivity contribution >= 4 is 23.3 Å². The summed E-state index contributed by atoms with van der Waals surface area (Å²) in [5, 5.41) is 8.63. The molecule has 1 saturated heterocycles. The molecule has 0 amide bonds. The van der Waals surface area contributed by atoms with E-state index in [1.165, 1.54) is 11.6 Å². The van der Waals surface area contributed by atoms with Crippen LogP contribution in [0.25, 0.3) is 5.70 Å². The number of carboxylic acids is 1. The molecule has 0 radical (unpaired) electrons. The van der Waals surface area contributed by atoms with Gasteiger partial charge in [-0.15, -0.1) is 0 Å². The van der Waals surface area contributed by atoms with Crippen molar-refractivity contribution in [3.8, 4) is 0 Å². The zero-order chi connectivity index (χ0) is 33.9. The third-order valence-corrected chi connectivity index (χ3v) is 7.63. The van der Waals surface area contributed by atoms with Gasteiger partial charge in [-0.25, -0.2) is 32.3 Å². The van der Waals surface area contributed by atoms with E-state index in [1.807, 2.05) is 36.9 Å². The lowest BCUT2D eigenvalue weighted by atomic mass is 9.90. The Bertz CT molecular complexity index is 1560. The predicted molar refractivity (Wildman–Crippen MR) is 170 cm³/mol. The first-order chi connectivity index (χ1) is 21.0. The highest BCUT2D eigenvalue weighted by Crippen LogP contribution is 2.45. The lowest BCUT2D eigenvalue weighted by Gasteiger charge is -2.46. The molecule has 2 aromatic carbocycles. The van der Waals surface area contributed by atoms with Gasteiger partial charge in [-0.2, -0.15) is 0 Å². The van der Waals surface area contributed by atoms with Gasteiger partial charge in [0.25, 0.3) is 11.8 Å². The Morgan fingerprint density at radius 3 is 2.16 bits per heavy atom. The number of halogens is 4. The molecule has 7 nitrogen and oxygen atoms in total. The van der Waals surface area contributed by atoms with Gasteiger partial charge >= 0.3 is 5.97 Å². The van der Waals surface area contributed by atoms with E-state index in [4.69, 9.17) is 10.8 Å². The number of aromatic carboxylic acids is 1. The monoisotopic (exact) mass is 627 g/mol. The average molecular weight is 628 g/mol. The number of guanidine groups is 1. The first-order valence-corrected chi connectivity index (χ1v) is 14.7. The molecular weight excluding hydrogens is 586 g/mol. The van der Waals surface area contributed by atoms with Gasteiger partial charge in [-0.05, 0) is 43.2 Å². The molecule has 1 fully saturated rings. The van der Waals surface area contributed by atoms with E-state index in [9.17, 15) is 22.4 Å². The molecule has 5 rings (SSSR count). The minimum Gasteiger partial charge on any atom is -0.477 e. The number of aromatic nitrogens is 1. The van der Waals surface area contributed by atoms with Gasteiger partial charge in [0.15, 0.2) is 5.69 Å². The highest BCUT2D eigenvalue weighted by molar-refractivity contribution is 5.97. The molecule has 0 aliphatic carbocycles. The van der Waals surface area contributed by atoms with Crippen LogP contribution < -0.4 is 5.73 Å². The molecule has 3 aromatic rings. The lowest BCUT2D eigenvalue weighted by molar-refractivity contribution is -0.00690. The van der Waals surface area contributed by atoms with Crippen LogP contribution in [-0.2, 0) is 5.92 Å². The van der Waals surface area contributed by atoms with E-state index >= 15 is 0 Å². The molecule has 1 atom stereocenters. The Morgan fingerprint density at radius 2 is 1.64 bits per heavy atom. The van der Waals surface area contributed by atoms with Crippen molar-refractivity contribution in [2.75, 3.05) is 20.1 Å². The Kier molecular flexibility index (Phi) is 10.8. The van der Waals surface area contributed by atoms with Crippen LogP contribution in [0, 0.1) is 13.8 Å². The SMILES string of the molecule is C=C1c2cc(C(C)(F)F)cc(C(N)C(C)(F)F)c2N=C(N2CC(c3ccccc3)C2)N1C.CC.Cc1ccc(C)c(C(=O)O)n1. The maximum Gasteiger partial charge on any atom is 0.354 e. The average Bonchev–Trinajstić information content (AvgIpc) is 2.96. The van der Waals surface area contributed by atoms with Crippen molar-refractivity contribution in [1.82, 2.24) is 14.8 Å². The summed E-state index contributed by atoms with van der Waals surface area (Å²) >= 11 is 0. The third-order valence-electron chi connectivity index (χ3n) is 7.63. The predicted octanol–water partition coefficient (Wildman–Crippen LogP) is 7.88. The molecule has 11 heteroatoms. The number of nitrogens with two attached hydrogens (primary N) is 1. The molecule has 1 aromatic heterocycles. The van der Waals surface area contributed by atoms with Crippen LogP contribution in [0.4, 0.5) is 23.2 Å². The topological polar surface area (TPSA) is 95.0 Å². The van der Waals surface area contributed by atoms with Crippen molar-refractivity contribution in [2.45, 2.75) is 65.3 Å². The molecule has 1 unspecified atom stereocenters. The molecule has 0 saturated carbocycles. The summed E-state index contributed by atoms with van der Waals surface area (Å²) in [6, 6.07) is 14.1. The van der Waals surface area contributed by atoms with Crippen LogP contribution in [0.3, 0.4) is 0 Å². The third kappa shape index (κ3) is 7.89. The van der Waals surface area contributed by atoms with Gasteiger partial charge < -0.3 is 20.6 Å². The molecular formula is C34H41F4N5O2. The van der Waals surface area contributed by atoms with E-state index in [2.05, 4.69) is 28.7 Å². The maximum atomic E-state index is 14.1. The lowest BCUT2D eigenvalue weighted by Crippen LogP contribution is -2.53. The zero-order valence-corrected chi connectivity index (χ0v) is 26.7. The second kappa shape index (κ2) is 13.8. The van der Waals surface area contributed by atoms with Gasteiger partial charge in [-0.3, -0.25) is 0 Å². The summed E-state index contributed by atoms with van der Waals surface area (Å²) in [5.74, 6) is -6.64. The van der Waals surface area contributed by atoms with Gasteiger partial charge in [-0.1, -0.05) is 56.8 Å². The fraction of sp³-hybridized carbons (Fsp3) is 0.382. The zero-order valence-electron chi connectivity index (χ0n) is 26.7. The number of hydrogen-bond acceptors (Lipinski definition) is 6. The fourth-order valence-electron chi connectivity index (χ4n) is 4.95. The summed E-state index contributed by atoms with van der Waals surface area (Å²) in [5.41, 5.74) is 8.97. The van der Waals surface area contributed by atoms with Crippen molar-refractivity contribution in [2.24, 2.45) is 10.7 Å². The van der Waals surface area contributed by atoms with E-state index in [0.29, 0.717) is 43.2 Å². The van der Waals surface area contributed by atoms with Gasteiger partial charge in [0, 0.05) is 68.0 Å².